The van der Waals surface area contributed by atoms with E-state index in [2.05, 4.69) is 5.32 Å². The number of nitrogens with zero attached hydrogens (tertiary/aromatic N) is 1. The Kier molecular flexibility index (Phi) is 7.41. The highest BCUT2D eigenvalue weighted by Crippen LogP contribution is 2.35. The van der Waals surface area contributed by atoms with E-state index in [0.717, 1.165) is 23.2 Å². The number of para-hydroxylation sites is 2. The highest BCUT2D eigenvalue weighted by Gasteiger charge is 2.33. The molecule has 4 rings (SSSR count). The molecule has 1 N–H and O–H groups in total. The third-order valence-corrected chi connectivity index (χ3v) is 6.41. The first-order valence-corrected chi connectivity index (χ1v) is 11.8. The zero-order valence-corrected chi connectivity index (χ0v) is 20.9. The number of aryl methyl sites for hydroxylation is 1. The van der Waals surface area contributed by atoms with E-state index in [0.29, 0.717) is 37.9 Å². The van der Waals surface area contributed by atoms with Crippen LogP contribution in [0, 0.1) is 0 Å². The van der Waals surface area contributed by atoms with Crippen molar-refractivity contribution in [2.45, 2.75) is 20.0 Å². The lowest BCUT2D eigenvalue weighted by atomic mass is 10.1. The summed E-state index contributed by atoms with van der Waals surface area (Å²) in [6.45, 7) is 2.28. The summed E-state index contributed by atoms with van der Waals surface area (Å²) in [7, 11) is 1.57. The molecule has 3 aromatic rings. The fourth-order valence-electron chi connectivity index (χ4n) is 3.68. The van der Waals surface area contributed by atoms with Crippen LogP contribution in [0.4, 0.5) is 5.69 Å². The van der Waals surface area contributed by atoms with Crippen molar-refractivity contribution in [3.63, 3.8) is 0 Å². The lowest BCUT2D eigenvalue weighted by molar-refractivity contribution is -0.113. The summed E-state index contributed by atoms with van der Waals surface area (Å²) < 4.78 is 11.6. The SMILES string of the molecule is CCc1ccccc1N1C(=O)/C(=C\c2cccc(OC)c2OCc2ccc(Cl)c(Cl)c2)NC1=S. The summed E-state index contributed by atoms with van der Waals surface area (Å²) in [5.41, 5.74) is 3.68. The molecule has 0 atom stereocenters. The molecule has 1 aliphatic heterocycles. The number of hydrogen-bond acceptors (Lipinski definition) is 4. The minimum Gasteiger partial charge on any atom is -0.493 e. The number of anilines is 1. The van der Waals surface area contributed by atoms with E-state index < -0.39 is 0 Å². The van der Waals surface area contributed by atoms with E-state index in [9.17, 15) is 4.79 Å². The van der Waals surface area contributed by atoms with E-state index in [1.54, 1.807) is 31.4 Å². The predicted octanol–water partition coefficient (Wildman–Crippen LogP) is 6.41. The number of thiocarbonyl (C=S) groups is 1. The highest BCUT2D eigenvalue weighted by molar-refractivity contribution is 7.80. The van der Waals surface area contributed by atoms with E-state index in [1.807, 2.05) is 49.4 Å². The molecule has 1 aliphatic rings. The second-order valence-corrected chi connectivity index (χ2v) is 8.73. The molecule has 0 radical (unpaired) electrons. The van der Waals surface area contributed by atoms with Gasteiger partial charge in [-0.25, -0.2) is 0 Å². The maximum absolute atomic E-state index is 13.3. The molecule has 1 fully saturated rings. The molecule has 0 saturated carbocycles. The van der Waals surface area contributed by atoms with Crippen molar-refractivity contribution in [1.82, 2.24) is 5.32 Å². The van der Waals surface area contributed by atoms with Gasteiger partial charge < -0.3 is 14.8 Å². The van der Waals surface area contributed by atoms with Gasteiger partial charge in [-0.2, -0.15) is 0 Å². The van der Waals surface area contributed by atoms with Crippen molar-refractivity contribution in [1.29, 1.82) is 0 Å². The molecule has 0 aromatic heterocycles. The smallest absolute Gasteiger partial charge is 0.281 e. The van der Waals surface area contributed by atoms with Gasteiger partial charge in [-0.15, -0.1) is 0 Å². The largest absolute Gasteiger partial charge is 0.493 e. The van der Waals surface area contributed by atoms with Crippen LogP contribution in [-0.4, -0.2) is 18.1 Å². The maximum Gasteiger partial charge on any atom is 0.281 e. The number of hydrogen-bond donors (Lipinski definition) is 1. The Morgan fingerprint density at radius 1 is 1.06 bits per heavy atom. The van der Waals surface area contributed by atoms with Gasteiger partial charge in [0.15, 0.2) is 16.6 Å². The molecular weight excluding hydrogens is 491 g/mol. The molecule has 5 nitrogen and oxygen atoms in total. The number of benzene rings is 3. The minimum atomic E-state index is -0.232. The summed E-state index contributed by atoms with van der Waals surface area (Å²) in [5.74, 6) is 0.802. The van der Waals surface area contributed by atoms with Crippen LogP contribution < -0.4 is 19.7 Å². The average Bonchev–Trinajstić information content (AvgIpc) is 3.12. The van der Waals surface area contributed by atoms with Gasteiger partial charge in [-0.1, -0.05) is 66.5 Å². The monoisotopic (exact) mass is 512 g/mol. The Morgan fingerprint density at radius 3 is 2.59 bits per heavy atom. The zero-order valence-electron chi connectivity index (χ0n) is 18.6. The number of rotatable bonds is 7. The number of carbonyl (C=O) groups excluding carboxylic acids is 1. The number of methoxy groups -OCH3 is 1. The molecule has 0 unspecified atom stereocenters. The first-order chi connectivity index (χ1) is 16.4. The quantitative estimate of drug-likeness (QED) is 0.293. The molecule has 3 aromatic carbocycles. The fourth-order valence-corrected chi connectivity index (χ4v) is 4.30. The molecule has 1 saturated heterocycles. The number of ether oxygens (including phenoxy) is 2. The first-order valence-electron chi connectivity index (χ1n) is 10.6. The molecule has 1 amide bonds. The molecule has 0 aliphatic carbocycles. The van der Waals surface area contributed by atoms with Crippen LogP contribution in [-0.2, 0) is 17.8 Å². The molecule has 34 heavy (non-hydrogen) atoms. The second-order valence-electron chi connectivity index (χ2n) is 7.53. The van der Waals surface area contributed by atoms with Gasteiger partial charge in [0.25, 0.3) is 5.91 Å². The predicted molar refractivity (Wildman–Crippen MR) is 141 cm³/mol. The third kappa shape index (κ3) is 4.89. The Balaban J connectivity index is 1.65. The molecule has 1 heterocycles. The number of amides is 1. The van der Waals surface area contributed by atoms with Crippen LogP contribution in [0.25, 0.3) is 6.08 Å². The summed E-state index contributed by atoms with van der Waals surface area (Å²) >= 11 is 17.6. The topological polar surface area (TPSA) is 50.8 Å². The van der Waals surface area contributed by atoms with Gasteiger partial charge in [0, 0.05) is 5.56 Å². The summed E-state index contributed by atoms with van der Waals surface area (Å²) in [6.07, 6.45) is 2.50. The van der Waals surface area contributed by atoms with Gasteiger partial charge in [0.2, 0.25) is 0 Å². The molecule has 174 valence electrons. The lowest BCUT2D eigenvalue weighted by Crippen LogP contribution is -2.31. The standard InChI is InChI=1S/C26H22Cl2N2O3S/c1-3-17-7-4-5-9-22(17)30-25(31)21(29-26(30)34)14-18-8-6-10-23(32-2)24(18)33-15-16-11-12-19(27)20(28)13-16/h4-14H,3,15H2,1-2H3,(H,29,34)/b21-14+. The number of halogens is 2. The summed E-state index contributed by atoms with van der Waals surface area (Å²) in [4.78, 5) is 14.8. The van der Waals surface area contributed by atoms with Crippen molar-refractivity contribution >= 4 is 58.2 Å². The molecule has 0 bridgehead atoms. The second kappa shape index (κ2) is 10.5. The van der Waals surface area contributed by atoms with Gasteiger partial charge in [-0.05, 0) is 60.1 Å². The highest BCUT2D eigenvalue weighted by atomic mass is 35.5. The summed E-state index contributed by atoms with van der Waals surface area (Å²) in [5, 5.41) is 4.30. The minimum absolute atomic E-state index is 0.232. The van der Waals surface area contributed by atoms with Crippen molar-refractivity contribution in [3.05, 3.63) is 93.1 Å². The normalized spacial score (nSPS) is 14.5. The molecular formula is C26H22Cl2N2O3S. The third-order valence-electron chi connectivity index (χ3n) is 5.39. The van der Waals surface area contributed by atoms with Gasteiger partial charge in [0.05, 0.1) is 22.8 Å². The average molecular weight is 513 g/mol. The van der Waals surface area contributed by atoms with Gasteiger partial charge in [-0.3, -0.25) is 9.69 Å². The Morgan fingerprint density at radius 2 is 1.85 bits per heavy atom. The van der Waals surface area contributed by atoms with E-state index in [4.69, 9.17) is 44.9 Å². The summed E-state index contributed by atoms with van der Waals surface area (Å²) in [6, 6.07) is 18.5. The van der Waals surface area contributed by atoms with Gasteiger partial charge in [0.1, 0.15) is 12.3 Å². The van der Waals surface area contributed by atoms with Gasteiger partial charge >= 0.3 is 0 Å². The van der Waals surface area contributed by atoms with Crippen LogP contribution in [0.3, 0.4) is 0 Å². The van der Waals surface area contributed by atoms with Crippen molar-refractivity contribution in [2.75, 3.05) is 12.0 Å². The number of nitrogens with one attached hydrogen (secondary N) is 1. The zero-order chi connectivity index (χ0) is 24.2. The molecule has 0 spiro atoms. The van der Waals surface area contributed by atoms with Crippen LogP contribution in [0.2, 0.25) is 10.0 Å². The van der Waals surface area contributed by atoms with E-state index in [-0.39, 0.29) is 12.5 Å². The number of carbonyl (C=O) groups is 1. The Labute approximate surface area is 213 Å². The Bertz CT molecular complexity index is 1290. The van der Waals surface area contributed by atoms with E-state index in [1.165, 1.54) is 4.90 Å². The Hall–Kier alpha value is -3.06. The first kappa shape index (κ1) is 24.1. The van der Waals surface area contributed by atoms with Crippen LogP contribution in [0.15, 0.2) is 66.4 Å². The van der Waals surface area contributed by atoms with Crippen molar-refractivity contribution in [2.24, 2.45) is 0 Å². The van der Waals surface area contributed by atoms with Crippen LogP contribution >= 0.6 is 35.4 Å². The maximum atomic E-state index is 13.3. The van der Waals surface area contributed by atoms with E-state index >= 15 is 0 Å². The van der Waals surface area contributed by atoms with Crippen LogP contribution in [0.5, 0.6) is 11.5 Å². The van der Waals surface area contributed by atoms with Crippen LogP contribution in [0.1, 0.15) is 23.6 Å². The molecule has 8 heteroatoms. The van der Waals surface area contributed by atoms with Crippen molar-refractivity contribution < 1.29 is 14.3 Å². The fraction of sp³-hybridized carbons (Fsp3) is 0.154. The lowest BCUT2D eigenvalue weighted by Gasteiger charge is -2.17. The van der Waals surface area contributed by atoms with Crippen molar-refractivity contribution in [3.8, 4) is 11.5 Å².